The molecular formula is C20H28FNO3. The smallest absolute Gasteiger partial charge is 0.307 e. The number of likely N-dealkylation sites (N-methyl/N-ethyl adjacent to an activating group) is 1. The van der Waals surface area contributed by atoms with Crippen LogP contribution in [0.5, 0.6) is 0 Å². The van der Waals surface area contributed by atoms with Gasteiger partial charge in [-0.25, -0.2) is 4.39 Å². The summed E-state index contributed by atoms with van der Waals surface area (Å²) in [7, 11) is 1.72. The van der Waals surface area contributed by atoms with Gasteiger partial charge < -0.3 is 10.0 Å². The lowest BCUT2D eigenvalue weighted by Crippen LogP contribution is -2.60. The van der Waals surface area contributed by atoms with Gasteiger partial charge in [0, 0.05) is 18.5 Å². The van der Waals surface area contributed by atoms with Crippen LogP contribution in [0.4, 0.5) is 4.39 Å². The van der Waals surface area contributed by atoms with Crippen molar-refractivity contribution in [2.75, 3.05) is 7.05 Å². The van der Waals surface area contributed by atoms with Crippen LogP contribution in [0.2, 0.25) is 0 Å². The minimum atomic E-state index is -0.655. The van der Waals surface area contributed by atoms with E-state index in [1.165, 1.54) is 0 Å². The quantitative estimate of drug-likeness (QED) is 0.786. The van der Waals surface area contributed by atoms with E-state index in [0.717, 1.165) is 38.5 Å². The molecule has 4 rings (SSSR count). The molecule has 5 heteroatoms. The van der Waals surface area contributed by atoms with Gasteiger partial charge in [-0.1, -0.05) is 13.8 Å². The molecule has 3 unspecified atom stereocenters. The number of amides is 1. The van der Waals surface area contributed by atoms with E-state index >= 15 is 0 Å². The molecule has 0 saturated heterocycles. The second kappa shape index (κ2) is 5.31. The van der Waals surface area contributed by atoms with Crippen LogP contribution in [0.15, 0.2) is 11.9 Å². The van der Waals surface area contributed by atoms with Crippen LogP contribution >= 0.6 is 0 Å². The largest absolute Gasteiger partial charge is 0.481 e. The van der Waals surface area contributed by atoms with E-state index in [1.807, 2.05) is 0 Å². The van der Waals surface area contributed by atoms with Gasteiger partial charge in [0.05, 0.1) is 5.92 Å². The van der Waals surface area contributed by atoms with Gasteiger partial charge in [0.15, 0.2) is 5.83 Å². The van der Waals surface area contributed by atoms with Crippen molar-refractivity contribution in [1.82, 2.24) is 4.90 Å². The summed E-state index contributed by atoms with van der Waals surface area (Å²) in [6.07, 6.45) is 7.06. The summed E-state index contributed by atoms with van der Waals surface area (Å²) in [5, 5.41) is 9.65. The van der Waals surface area contributed by atoms with E-state index in [2.05, 4.69) is 13.8 Å². The van der Waals surface area contributed by atoms with Crippen LogP contribution in [-0.4, -0.2) is 35.0 Å². The predicted octanol–water partition coefficient (Wildman–Crippen LogP) is 3.62. The van der Waals surface area contributed by atoms with Crippen LogP contribution in [0.3, 0.4) is 0 Å². The van der Waals surface area contributed by atoms with Crippen LogP contribution in [-0.2, 0) is 9.59 Å². The van der Waals surface area contributed by atoms with E-state index in [4.69, 9.17) is 0 Å². The Morgan fingerprint density at radius 1 is 1.20 bits per heavy atom. The molecule has 4 aliphatic rings. The molecule has 0 aromatic rings. The maximum Gasteiger partial charge on any atom is 0.307 e. The molecule has 0 aromatic carbocycles. The van der Waals surface area contributed by atoms with Crippen molar-refractivity contribution in [3.8, 4) is 0 Å². The second-order valence-corrected chi connectivity index (χ2v) is 9.26. The zero-order valence-electron chi connectivity index (χ0n) is 15.3. The predicted molar refractivity (Wildman–Crippen MR) is 91.3 cm³/mol. The molecule has 0 radical (unpaired) electrons. The monoisotopic (exact) mass is 349 g/mol. The van der Waals surface area contributed by atoms with Crippen LogP contribution in [0.25, 0.3) is 0 Å². The molecule has 138 valence electrons. The van der Waals surface area contributed by atoms with Crippen molar-refractivity contribution < 1.29 is 19.1 Å². The van der Waals surface area contributed by atoms with Gasteiger partial charge in [-0.05, 0) is 67.8 Å². The van der Waals surface area contributed by atoms with E-state index in [9.17, 15) is 19.1 Å². The molecule has 0 spiro atoms. The fraction of sp³-hybridized carbons (Fsp3) is 0.800. The molecule has 3 fully saturated rings. The summed E-state index contributed by atoms with van der Waals surface area (Å²) in [4.78, 5) is 25.4. The Kier molecular flexibility index (Phi) is 3.62. The summed E-state index contributed by atoms with van der Waals surface area (Å²) < 4.78 is 14.3. The van der Waals surface area contributed by atoms with E-state index in [0.29, 0.717) is 17.8 Å². The van der Waals surface area contributed by atoms with Crippen molar-refractivity contribution in [3.63, 3.8) is 0 Å². The highest BCUT2D eigenvalue weighted by atomic mass is 19.1. The number of nitrogens with zero attached hydrogens (tertiary/aromatic N) is 1. The molecule has 3 aliphatic carbocycles. The number of carbonyl (C=O) groups is 2. The highest BCUT2D eigenvalue weighted by Gasteiger charge is 2.62. The van der Waals surface area contributed by atoms with Gasteiger partial charge in [-0.15, -0.1) is 0 Å². The second-order valence-electron chi connectivity index (χ2n) is 9.26. The standard InChI is InChI=1S/C20H28FNO3/c1-19-9-8-13-11(12(19)5-6-14(19)18(24)25)4-7-16-20(13,2)10-15(21)17(23)22(16)3/h10-14,16H,4-9H2,1-3H3,(H,24,25)/t11?,12-,13?,14+,16?,19-,20+/m0/s1. The Morgan fingerprint density at radius 2 is 1.92 bits per heavy atom. The molecule has 1 N–H and O–H groups in total. The molecule has 7 atom stereocenters. The van der Waals surface area contributed by atoms with Crippen molar-refractivity contribution in [1.29, 1.82) is 0 Å². The highest BCUT2D eigenvalue weighted by molar-refractivity contribution is 5.92. The first-order valence-corrected chi connectivity index (χ1v) is 9.58. The first-order chi connectivity index (χ1) is 11.7. The van der Waals surface area contributed by atoms with Crippen molar-refractivity contribution >= 4 is 11.9 Å². The Morgan fingerprint density at radius 3 is 2.60 bits per heavy atom. The summed E-state index contributed by atoms with van der Waals surface area (Å²) >= 11 is 0. The number of hydrogen-bond donors (Lipinski definition) is 1. The minimum Gasteiger partial charge on any atom is -0.481 e. The molecule has 0 bridgehead atoms. The third kappa shape index (κ3) is 2.10. The number of carbonyl (C=O) groups excluding carboxylic acids is 1. The Bertz CT molecular complexity index is 661. The van der Waals surface area contributed by atoms with Gasteiger partial charge in [0.1, 0.15) is 0 Å². The number of hydrogen-bond acceptors (Lipinski definition) is 2. The van der Waals surface area contributed by atoms with Crippen molar-refractivity contribution in [2.45, 2.75) is 58.4 Å². The third-order valence-electron chi connectivity index (χ3n) is 8.46. The number of carboxylic acids is 1. The van der Waals surface area contributed by atoms with E-state index in [1.54, 1.807) is 18.0 Å². The number of aliphatic carboxylic acids is 1. The molecule has 1 amide bonds. The van der Waals surface area contributed by atoms with Gasteiger partial charge in [0.25, 0.3) is 5.91 Å². The SMILES string of the molecule is CN1C(=O)C(F)=C[C@]2(C)C3CC[C@]4(C)[C@@H](C(=O)O)CC[C@H]4C3CCC12. The van der Waals surface area contributed by atoms with E-state index < -0.39 is 17.7 Å². The maximum absolute atomic E-state index is 14.3. The number of carboxylic acid groups (broad SMARTS) is 1. The first kappa shape index (κ1) is 17.0. The zero-order valence-corrected chi connectivity index (χ0v) is 15.3. The Hall–Kier alpha value is -1.39. The number of rotatable bonds is 1. The van der Waals surface area contributed by atoms with Crippen LogP contribution < -0.4 is 0 Å². The fourth-order valence-corrected chi connectivity index (χ4v) is 7.24. The third-order valence-corrected chi connectivity index (χ3v) is 8.46. The summed E-state index contributed by atoms with van der Waals surface area (Å²) in [5.74, 6) is -0.833. The van der Waals surface area contributed by atoms with Crippen molar-refractivity contribution in [3.05, 3.63) is 11.9 Å². The van der Waals surface area contributed by atoms with Gasteiger partial charge in [0.2, 0.25) is 0 Å². The van der Waals surface area contributed by atoms with Gasteiger partial charge in [-0.3, -0.25) is 9.59 Å². The maximum atomic E-state index is 14.3. The molecule has 0 aromatic heterocycles. The molecule has 25 heavy (non-hydrogen) atoms. The topological polar surface area (TPSA) is 57.6 Å². The minimum absolute atomic E-state index is 0.0572. The molecule has 1 aliphatic heterocycles. The lowest BCUT2D eigenvalue weighted by Gasteiger charge is -2.60. The lowest BCUT2D eigenvalue weighted by molar-refractivity contribution is -0.153. The normalized spacial score (nSPS) is 49.1. The van der Waals surface area contributed by atoms with Crippen molar-refractivity contribution in [2.24, 2.45) is 34.5 Å². The first-order valence-electron chi connectivity index (χ1n) is 9.58. The Labute approximate surface area is 148 Å². The average molecular weight is 349 g/mol. The molecule has 3 saturated carbocycles. The van der Waals surface area contributed by atoms with E-state index in [-0.39, 0.29) is 22.8 Å². The fourth-order valence-electron chi connectivity index (χ4n) is 7.24. The molecular weight excluding hydrogens is 321 g/mol. The number of halogens is 1. The van der Waals surface area contributed by atoms with Crippen LogP contribution in [0.1, 0.15) is 52.4 Å². The number of fused-ring (bicyclic) bond motifs is 5. The Balaban J connectivity index is 1.70. The summed E-state index contributed by atoms with van der Waals surface area (Å²) in [6, 6.07) is 0.0572. The average Bonchev–Trinajstić information content (AvgIpc) is 2.90. The zero-order chi connectivity index (χ0) is 18.1. The molecule has 4 nitrogen and oxygen atoms in total. The highest BCUT2D eigenvalue weighted by Crippen LogP contribution is 2.65. The summed E-state index contributed by atoms with van der Waals surface area (Å²) in [5.41, 5.74) is -0.465. The van der Waals surface area contributed by atoms with Gasteiger partial charge >= 0.3 is 5.97 Å². The molecule has 1 heterocycles. The van der Waals surface area contributed by atoms with Crippen LogP contribution in [0, 0.1) is 34.5 Å². The lowest BCUT2D eigenvalue weighted by atomic mass is 9.47. The summed E-state index contributed by atoms with van der Waals surface area (Å²) in [6.45, 7) is 4.28. The van der Waals surface area contributed by atoms with Gasteiger partial charge in [-0.2, -0.15) is 0 Å².